The molecule has 1 atom stereocenters. The fourth-order valence-corrected chi connectivity index (χ4v) is 3.26. The highest BCUT2D eigenvalue weighted by Crippen LogP contribution is 2.36. The number of phenolic OH excluding ortho intramolecular Hbond substituents is 1. The van der Waals surface area contributed by atoms with Crippen LogP contribution >= 0.6 is 0 Å². The van der Waals surface area contributed by atoms with Crippen LogP contribution in [-0.2, 0) is 10.0 Å². The number of para-hydroxylation sites is 1. The van der Waals surface area contributed by atoms with Crippen LogP contribution in [0.5, 0.6) is 5.75 Å². The van der Waals surface area contributed by atoms with E-state index in [9.17, 15) is 13.5 Å². The van der Waals surface area contributed by atoms with Crippen molar-refractivity contribution in [3.63, 3.8) is 0 Å². The number of phenols is 1. The van der Waals surface area contributed by atoms with Crippen LogP contribution in [0.3, 0.4) is 0 Å². The summed E-state index contributed by atoms with van der Waals surface area (Å²) in [6, 6.07) is 9.61. The lowest BCUT2D eigenvalue weighted by atomic mass is 10.0. The second-order valence-corrected chi connectivity index (χ2v) is 6.67. The molecule has 2 aromatic rings. The third-order valence-electron chi connectivity index (χ3n) is 3.30. The number of benzene rings is 1. The number of nitrogens with zero attached hydrogens (tertiary/aromatic N) is 2. The van der Waals surface area contributed by atoms with Gasteiger partial charge in [0.25, 0.3) is 0 Å². The van der Waals surface area contributed by atoms with Gasteiger partial charge in [0.15, 0.2) is 0 Å². The molecule has 21 heavy (non-hydrogen) atoms. The third-order valence-corrected chi connectivity index (χ3v) is 4.31. The van der Waals surface area contributed by atoms with Crippen LogP contribution in [0.15, 0.2) is 52.2 Å². The van der Waals surface area contributed by atoms with Crippen LogP contribution < -0.4 is 0 Å². The first-order chi connectivity index (χ1) is 9.97. The molecule has 1 aromatic carbocycles. The smallest absolute Gasteiger partial charge is 0.247 e. The summed E-state index contributed by atoms with van der Waals surface area (Å²) in [5.41, 5.74) is 1.04. The van der Waals surface area contributed by atoms with E-state index in [0.717, 1.165) is 10.7 Å². The molecular formula is C14H14N2O4S. The monoisotopic (exact) mass is 306 g/mol. The topological polar surface area (TPSA) is 83.1 Å². The van der Waals surface area contributed by atoms with E-state index in [1.807, 2.05) is 0 Å². The quantitative estimate of drug-likeness (QED) is 0.941. The average molecular weight is 306 g/mol. The molecule has 0 unspecified atom stereocenters. The minimum Gasteiger partial charge on any atom is -0.507 e. The molecule has 0 aliphatic carbocycles. The lowest BCUT2D eigenvalue weighted by Crippen LogP contribution is -2.25. The zero-order valence-corrected chi connectivity index (χ0v) is 12.1. The maximum atomic E-state index is 11.9. The van der Waals surface area contributed by atoms with Gasteiger partial charge in [0.2, 0.25) is 10.0 Å². The van der Waals surface area contributed by atoms with Crippen molar-refractivity contribution in [1.82, 2.24) is 4.41 Å². The summed E-state index contributed by atoms with van der Waals surface area (Å²) >= 11 is 0. The number of hydrazone groups is 1. The van der Waals surface area contributed by atoms with Crippen molar-refractivity contribution < 1.29 is 17.9 Å². The Kier molecular flexibility index (Phi) is 3.21. The maximum absolute atomic E-state index is 11.9. The first-order valence-electron chi connectivity index (χ1n) is 6.35. The zero-order chi connectivity index (χ0) is 15.0. The van der Waals surface area contributed by atoms with Gasteiger partial charge >= 0.3 is 0 Å². The Morgan fingerprint density at radius 1 is 1.29 bits per heavy atom. The molecule has 110 valence electrons. The summed E-state index contributed by atoms with van der Waals surface area (Å²) in [4.78, 5) is 0. The maximum Gasteiger partial charge on any atom is 0.247 e. The number of hydrogen-bond donors (Lipinski definition) is 1. The molecule has 0 saturated carbocycles. The predicted octanol–water partition coefficient (Wildman–Crippen LogP) is 2.10. The Labute approximate surface area is 122 Å². The van der Waals surface area contributed by atoms with Crippen molar-refractivity contribution in [2.45, 2.75) is 12.5 Å². The van der Waals surface area contributed by atoms with E-state index in [1.165, 1.54) is 6.26 Å². The highest BCUT2D eigenvalue weighted by molar-refractivity contribution is 7.88. The van der Waals surface area contributed by atoms with Crippen LogP contribution in [0.1, 0.15) is 23.8 Å². The molecule has 1 aliphatic heterocycles. The van der Waals surface area contributed by atoms with Crippen molar-refractivity contribution in [2.75, 3.05) is 6.26 Å². The standard InChI is InChI=1S/C14H14N2O4S/c1-21(18,19)16-12(14-7-4-8-20-14)9-11(15-16)10-5-2-3-6-13(10)17/h2-8,12,17H,9H2,1H3/t12-/m1/s1. The number of hydrogen-bond acceptors (Lipinski definition) is 5. The Balaban J connectivity index is 2.04. The molecule has 2 heterocycles. The summed E-state index contributed by atoms with van der Waals surface area (Å²) in [5, 5.41) is 14.1. The van der Waals surface area contributed by atoms with Crippen LogP contribution in [0.4, 0.5) is 0 Å². The fourth-order valence-electron chi connectivity index (χ4n) is 2.37. The summed E-state index contributed by atoms with van der Waals surface area (Å²) < 4.78 is 30.2. The minimum atomic E-state index is -3.53. The van der Waals surface area contributed by atoms with Gasteiger partial charge < -0.3 is 9.52 Å². The summed E-state index contributed by atoms with van der Waals surface area (Å²) in [7, 11) is -3.53. The lowest BCUT2D eigenvalue weighted by molar-refractivity contribution is 0.322. The highest BCUT2D eigenvalue weighted by atomic mass is 32.2. The van der Waals surface area contributed by atoms with E-state index in [-0.39, 0.29) is 5.75 Å². The SMILES string of the molecule is CS(=O)(=O)N1N=C(c2ccccc2O)C[C@@H]1c1ccco1. The van der Waals surface area contributed by atoms with Gasteiger partial charge in [-0.05, 0) is 24.3 Å². The molecule has 0 saturated heterocycles. The first kappa shape index (κ1) is 13.7. The van der Waals surface area contributed by atoms with Gasteiger partial charge in [0, 0.05) is 12.0 Å². The Morgan fingerprint density at radius 3 is 2.67 bits per heavy atom. The molecule has 0 amide bonds. The highest BCUT2D eigenvalue weighted by Gasteiger charge is 2.36. The number of aromatic hydroxyl groups is 1. The van der Waals surface area contributed by atoms with E-state index in [2.05, 4.69) is 5.10 Å². The van der Waals surface area contributed by atoms with Gasteiger partial charge in [-0.15, -0.1) is 0 Å². The van der Waals surface area contributed by atoms with Crippen molar-refractivity contribution >= 4 is 15.7 Å². The molecule has 7 heteroatoms. The molecule has 0 bridgehead atoms. The predicted molar refractivity (Wildman–Crippen MR) is 77.4 cm³/mol. The van der Waals surface area contributed by atoms with E-state index in [1.54, 1.807) is 36.4 Å². The molecule has 0 spiro atoms. The number of furan rings is 1. The molecule has 0 radical (unpaired) electrons. The summed E-state index contributed by atoms with van der Waals surface area (Å²) in [5.74, 6) is 0.597. The molecule has 6 nitrogen and oxygen atoms in total. The van der Waals surface area contributed by atoms with Gasteiger partial charge in [0.1, 0.15) is 17.6 Å². The van der Waals surface area contributed by atoms with Crippen molar-refractivity contribution in [3.8, 4) is 5.75 Å². The molecule has 0 fully saturated rings. The normalized spacial score (nSPS) is 18.8. The third kappa shape index (κ3) is 2.52. The van der Waals surface area contributed by atoms with E-state index in [4.69, 9.17) is 4.42 Å². The zero-order valence-electron chi connectivity index (χ0n) is 11.3. The summed E-state index contributed by atoms with van der Waals surface area (Å²) in [6.07, 6.45) is 2.94. The van der Waals surface area contributed by atoms with E-state index < -0.39 is 16.1 Å². The van der Waals surface area contributed by atoms with Crippen LogP contribution in [-0.4, -0.2) is 29.9 Å². The molecule has 1 N–H and O–H groups in total. The number of rotatable bonds is 3. The van der Waals surface area contributed by atoms with Crippen molar-refractivity contribution in [2.24, 2.45) is 5.10 Å². The van der Waals surface area contributed by atoms with Crippen molar-refractivity contribution in [3.05, 3.63) is 54.0 Å². The van der Waals surface area contributed by atoms with Crippen LogP contribution in [0.25, 0.3) is 0 Å². The van der Waals surface area contributed by atoms with Crippen molar-refractivity contribution in [1.29, 1.82) is 0 Å². The van der Waals surface area contributed by atoms with Crippen LogP contribution in [0.2, 0.25) is 0 Å². The Hall–Kier alpha value is -2.28. The van der Waals surface area contributed by atoms with E-state index in [0.29, 0.717) is 23.5 Å². The number of sulfonamides is 1. The van der Waals surface area contributed by atoms with Gasteiger partial charge in [-0.25, -0.2) is 8.42 Å². The molecule has 1 aromatic heterocycles. The Morgan fingerprint density at radius 2 is 2.05 bits per heavy atom. The fraction of sp³-hybridized carbons (Fsp3) is 0.214. The lowest BCUT2D eigenvalue weighted by Gasteiger charge is -2.18. The van der Waals surface area contributed by atoms with E-state index >= 15 is 0 Å². The molecule has 3 rings (SSSR count). The van der Waals surface area contributed by atoms with Gasteiger partial charge in [-0.1, -0.05) is 12.1 Å². The summed E-state index contributed by atoms with van der Waals surface area (Å²) in [6.45, 7) is 0. The second kappa shape index (κ2) is 4.92. The second-order valence-electron chi connectivity index (χ2n) is 4.83. The minimum absolute atomic E-state index is 0.0739. The molecular weight excluding hydrogens is 292 g/mol. The average Bonchev–Trinajstić information content (AvgIpc) is 3.07. The largest absolute Gasteiger partial charge is 0.507 e. The van der Waals surface area contributed by atoms with Gasteiger partial charge in [-0.2, -0.15) is 9.52 Å². The Bertz CT molecular complexity index is 781. The van der Waals surface area contributed by atoms with Gasteiger partial charge in [0.05, 0.1) is 18.2 Å². The van der Waals surface area contributed by atoms with Crippen LogP contribution in [0, 0.1) is 0 Å². The molecule has 1 aliphatic rings. The van der Waals surface area contributed by atoms with Gasteiger partial charge in [-0.3, -0.25) is 0 Å². The first-order valence-corrected chi connectivity index (χ1v) is 8.20.